The van der Waals surface area contributed by atoms with E-state index in [2.05, 4.69) is 27.7 Å². The molecule has 0 spiro atoms. The minimum Gasteiger partial charge on any atom is -0.316 e. The highest BCUT2D eigenvalue weighted by Crippen LogP contribution is 2.25. The molecule has 1 aliphatic rings. The average molecular weight is 243 g/mol. The fourth-order valence-electron chi connectivity index (χ4n) is 2.79. The molecule has 94 valence electrons. The number of aldehydes is 1. The number of hydrogen-bond donors (Lipinski definition) is 1. The summed E-state index contributed by atoms with van der Waals surface area (Å²) in [5, 5.41) is 3.40. The standard InChI is InChI=1S/C14H17N3O/c1-10-4-2-6-13-12(9-18)16-14(17(10)13)11-5-3-7-15-8-11/h2,4,6,9,11,15H,3,5,7-8H2,1H3. The average Bonchev–Trinajstić information content (AvgIpc) is 2.80. The van der Waals surface area contributed by atoms with Gasteiger partial charge in [-0.05, 0) is 38.4 Å². The van der Waals surface area contributed by atoms with Crippen LogP contribution in [0.5, 0.6) is 0 Å². The molecule has 0 aliphatic carbocycles. The summed E-state index contributed by atoms with van der Waals surface area (Å²) < 4.78 is 2.13. The lowest BCUT2D eigenvalue weighted by Gasteiger charge is -2.22. The van der Waals surface area contributed by atoms with Gasteiger partial charge in [-0.1, -0.05) is 6.07 Å². The Hall–Kier alpha value is -1.68. The van der Waals surface area contributed by atoms with E-state index in [0.29, 0.717) is 11.6 Å². The Morgan fingerprint density at radius 2 is 2.39 bits per heavy atom. The molecule has 3 rings (SSSR count). The van der Waals surface area contributed by atoms with E-state index < -0.39 is 0 Å². The molecule has 4 heteroatoms. The second kappa shape index (κ2) is 4.53. The number of nitrogens with zero attached hydrogens (tertiary/aromatic N) is 2. The minimum atomic E-state index is 0.404. The van der Waals surface area contributed by atoms with Crippen molar-refractivity contribution < 1.29 is 4.79 Å². The van der Waals surface area contributed by atoms with Crippen molar-refractivity contribution in [2.45, 2.75) is 25.7 Å². The fraction of sp³-hybridized carbons (Fsp3) is 0.429. The SMILES string of the molecule is Cc1cccc2c(C=O)nc(C3CCCNC3)n12. The number of aromatic nitrogens is 2. The van der Waals surface area contributed by atoms with E-state index in [1.807, 2.05) is 12.1 Å². The number of imidazole rings is 1. The molecule has 0 amide bonds. The smallest absolute Gasteiger partial charge is 0.170 e. The molecule has 1 aliphatic heterocycles. The molecule has 0 saturated carbocycles. The number of rotatable bonds is 2. The number of aryl methyl sites for hydroxylation is 1. The monoisotopic (exact) mass is 243 g/mol. The van der Waals surface area contributed by atoms with Crippen molar-refractivity contribution in [3.63, 3.8) is 0 Å². The van der Waals surface area contributed by atoms with Crippen LogP contribution in [0.15, 0.2) is 18.2 Å². The van der Waals surface area contributed by atoms with Crippen molar-refractivity contribution in [1.29, 1.82) is 0 Å². The second-order valence-corrected chi connectivity index (χ2v) is 4.90. The Morgan fingerprint density at radius 1 is 1.50 bits per heavy atom. The Kier molecular flexibility index (Phi) is 2.88. The van der Waals surface area contributed by atoms with Crippen LogP contribution in [0.4, 0.5) is 0 Å². The van der Waals surface area contributed by atoms with Crippen molar-refractivity contribution in [3.05, 3.63) is 35.4 Å². The number of piperidine rings is 1. The zero-order valence-electron chi connectivity index (χ0n) is 10.5. The highest BCUT2D eigenvalue weighted by atomic mass is 16.1. The predicted molar refractivity (Wildman–Crippen MR) is 70.2 cm³/mol. The molecule has 1 saturated heterocycles. The molecule has 1 fully saturated rings. The van der Waals surface area contributed by atoms with E-state index in [9.17, 15) is 4.79 Å². The Balaban J connectivity index is 2.18. The van der Waals surface area contributed by atoms with Crippen LogP contribution in [-0.2, 0) is 0 Å². The normalized spacial score (nSPS) is 20.2. The van der Waals surface area contributed by atoms with Crippen LogP contribution in [0.25, 0.3) is 5.52 Å². The van der Waals surface area contributed by atoms with Gasteiger partial charge >= 0.3 is 0 Å². The van der Waals surface area contributed by atoms with Gasteiger partial charge in [0.25, 0.3) is 0 Å². The van der Waals surface area contributed by atoms with Gasteiger partial charge in [-0.25, -0.2) is 4.98 Å². The van der Waals surface area contributed by atoms with Crippen LogP contribution in [0.3, 0.4) is 0 Å². The molecule has 1 atom stereocenters. The van der Waals surface area contributed by atoms with Gasteiger partial charge in [0, 0.05) is 18.2 Å². The summed E-state index contributed by atoms with van der Waals surface area (Å²) in [6.07, 6.45) is 3.16. The largest absolute Gasteiger partial charge is 0.316 e. The van der Waals surface area contributed by atoms with Crippen LogP contribution in [0.2, 0.25) is 0 Å². The van der Waals surface area contributed by atoms with Gasteiger partial charge in [0.1, 0.15) is 11.5 Å². The predicted octanol–water partition coefficient (Wildman–Crippen LogP) is 1.92. The van der Waals surface area contributed by atoms with Crippen molar-refractivity contribution in [1.82, 2.24) is 14.7 Å². The molecule has 1 unspecified atom stereocenters. The van der Waals surface area contributed by atoms with Crippen molar-refractivity contribution >= 4 is 11.8 Å². The Bertz CT molecular complexity index is 582. The molecule has 2 aromatic rings. The Morgan fingerprint density at radius 3 is 3.11 bits per heavy atom. The second-order valence-electron chi connectivity index (χ2n) is 4.90. The summed E-state index contributed by atoms with van der Waals surface area (Å²) >= 11 is 0. The van der Waals surface area contributed by atoms with Crippen LogP contribution in [0, 0.1) is 6.92 Å². The van der Waals surface area contributed by atoms with E-state index in [1.54, 1.807) is 0 Å². The third-order valence-electron chi connectivity index (χ3n) is 3.69. The summed E-state index contributed by atoms with van der Waals surface area (Å²) in [6.45, 7) is 4.09. The summed E-state index contributed by atoms with van der Waals surface area (Å²) in [6, 6.07) is 5.99. The van der Waals surface area contributed by atoms with Crippen molar-refractivity contribution in [3.8, 4) is 0 Å². The molecule has 18 heavy (non-hydrogen) atoms. The highest BCUT2D eigenvalue weighted by Gasteiger charge is 2.22. The lowest BCUT2D eigenvalue weighted by molar-refractivity contribution is 0.112. The highest BCUT2D eigenvalue weighted by molar-refractivity contribution is 5.84. The van der Waals surface area contributed by atoms with E-state index in [4.69, 9.17) is 0 Å². The first-order chi connectivity index (χ1) is 8.81. The van der Waals surface area contributed by atoms with Crippen LogP contribution < -0.4 is 5.32 Å². The molecular weight excluding hydrogens is 226 g/mol. The van der Waals surface area contributed by atoms with E-state index >= 15 is 0 Å². The number of nitrogens with one attached hydrogen (secondary N) is 1. The summed E-state index contributed by atoms with van der Waals surface area (Å²) in [7, 11) is 0. The number of pyridine rings is 1. The summed E-state index contributed by atoms with van der Waals surface area (Å²) in [5.74, 6) is 1.43. The van der Waals surface area contributed by atoms with Crippen LogP contribution in [-0.4, -0.2) is 28.8 Å². The van der Waals surface area contributed by atoms with E-state index in [0.717, 1.165) is 42.8 Å². The maximum absolute atomic E-state index is 11.1. The van der Waals surface area contributed by atoms with Gasteiger partial charge in [0.15, 0.2) is 6.29 Å². The van der Waals surface area contributed by atoms with E-state index in [-0.39, 0.29) is 0 Å². The summed E-state index contributed by atoms with van der Waals surface area (Å²) in [4.78, 5) is 15.7. The number of hydrogen-bond acceptors (Lipinski definition) is 3. The summed E-state index contributed by atoms with van der Waals surface area (Å²) in [5.41, 5.74) is 2.61. The maximum Gasteiger partial charge on any atom is 0.170 e. The maximum atomic E-state index is 11.1. The molecular formula is C14H17N3O. The number of fused-ring (bicyclic) bond motifs is 1. The van der Waals surface area contributed by atoms with Gasteiger partial charge in [-0.3, -0.25) is 9.20 Å². The topological polar surface area (TPSA) is 46.4 Å². The quantitative estimate of drug-likeness (QED) is 0.820. The van der Waals surface area contributed by atoms with Gasteiger partial charge in [0.05, 0.1) is 5.52 Å². The molecule has 1 N–H and O–H groups in total. The lowest BCUT2D eigenvalue weighted by Crippen LogP contribution is -2.29. The zero-order valence-corrected chi connectivity index (χ0v) is 10.5. The van der Waals surface area contributed by atoms with Crippen molar-refractivity contribution in [2.75, 3.05) is 13.1 Å². The van der Waals surface area contributed by atoms with Crippen LogP contribution >= 0.6 is 0 Å². The van der Waals surface area contributed by atoms with Crippen LogP contribution in [0.1, 0.15) is 40.8 Å². The molecule has 4 nitrogen and oxygen atoms in total. The van der Waals surface area contributed by atoms with Gasteiger partial charge in [-0.2, -0.15) is 0 Å². The molecule has 0 radical (unpaired) electrons. The molecule has 3 heterocycles. The first kappa shape index (κ1) is 11.4. The van der Waals surface area contributed by atoms with Gasteiger partial charge < -0.3 is 5.32 Å². The van der Waals surface area contributed by atoms with Crippen molar-refractivity contribution in [2.24, 2.45) is 0 Å². The minimum absolute atomic E-state index is 0.404. The number of carbonyl (C=O) groups excluding carboxylic acids is 1. The Labute approximate surface area is 106 Å². The van der Waals surface area contributed by atoms with Gasteiger partial charge in [0.2, 0.25) is 0 Å². The third-order valence-corrected chi connectivity index (χ3v) is 3.69. The number of carbonyl (C=O) groups is 1. The molecule has 2 aromatic heterocycles. The van der Waals surface area contributed by atoms with E-state index in [1.165, 1.54) is 6.42 Å². The van der Waals surface area contributed by atoms with Gasteiger partial charge in [-0.15, -0.1) is 0 Å². The molecule has 0 aromatic carbocycles. The fourth-order valence-corrected chi connectivity index (χ4v) is 2.79. The first-order valence-electron chi connectivity index (χ1n) is 6.45. The third kappa shape index (κ3) is 1.73. The zero-order chi connectivity index (χ0) is 12.5. The molecule has 0 bridgehead atoms. The first-order valence-corrected chi connectivity index (χ1v) is 6.45. The lowest BCUT2D eigenvalue weighted by atomic mass is 9.99.